The summed E-state index contributed by atoms with van der Waals surface area (Å²) in [6, 6.07) is 13.4. The van der Waals surface area contributed by atoms with Crippen molar-refractivity contribution >= 4 is 5.57 Å². The Morgan fingerprint density at radius 3 is 2.38 bits per heavy atom. The number of hydrogen-bond acceptors (Lipinski definition) is 0. The number of allylic oxidation sites excluding steroid dienone is 2. The van der Waals surface area contributed by atoms with Crippen molar-refractivity contribution in [2.75, 3.05) is 0 Å². The molecule has 2 aromatic rings. The van der Waals surface area contributed by atoms with Crippen molar-refractivity contribution in [3.63, 3.8) is 0 Å². The normalized spacial score (nSPS) is 21.6. The molecule has 4 rings (SSSR count). The summed E-state index contributed by atoms with van der Waals surface area (Å²) in [5.74, 6) is 1.72. The van der Waals surface area contributed by atoms with E-state index in [0.29, 0.717) is 6.42 Å². The second kappa shape index (κ2) is 9.28. The van der Waals surface area contributed by atoms with Crippen LogP contribution < -0.4 is 0 Å². The van der Waals surface area contributed by atoms with Crippen molar-refractivity contribution in [1.82, 2.24) is 0 Å². The molecule has 0 aromatic heterocycles. The largest absolute Gasteiger partial charge is 0.206 e. The summed E-state index contributed by atoms with van der Waals surface area (Å²) in [7, 11) is 0. The van der Waals surface area contributed by atoms with Gasteiger partial charge in [0.05, 0.1) is 0 Å². The third kappa shape index (κ3) is 4.49. The van der Waals surface area contributed by atoms with Gasteiger partial charge in [0.25, 0.3) is 0 Å². The summed E-state index contributed by atoms with van der Waals surface area (Å²) >= 11 is 0. The molecule has 1 fully saturated rings. The molecular formula is C28H35F. The van der Waals surface area contributed by atoms with E-state index in [1.54, 1.807) is 0 Å². The van der Waals surface area contributed by atoms with Crippen LogP contribution in [0.4, 0.5) is 4.39 Å². The second-order valence-corrected chi connectivity index (χ2v) is 9.12. The number of rotatable bonds is 6. The maximum absolute atomic E-state index is 14.6. The number of halogens is 1. The minimum Gasteiger partial charge on any atom is -0.206 e. The van der Waals surface area contributed by atoms with Crippen LogP contribution in [0.1, 0.15) is 92.5 Å². The fourth-order valence-corrected chi connectivity index (χ4v) is 5.34. The molecule has 0 unspecified atom stereocenters. The number of aryl methyl sites for hydroxylation is 1. The highest BCUT2D eigenvalue weighted by Crippen LogP contribution is 2.38. The molecule has 0 aliphatic heterocycles. The molecule has 29 heavy (non-hydrogen) atoms. The number of fused-ring (bicyclic) bond motifs is 1. The highest BCUT2D eigenvalue weighted by atomic mass is 19.1. The average molecular weight is 391 g/mol. The lowest BCUT2D eigenvalue weighted by molar-refractivity contribution is 0.304. The molecule has 0 radical (unpaired) electrons. The van der Waals surface area contributed by atoms with Gasteiger partial charge in [0.15, 0.2) is 0 Å². The highest BCUT2D eigenvalue weighted by molar-refractivity contribution is 5.71. The monoisotopic (exact) mass is 390 g/mol. The van der Waals surface area contributed by atoms with Crippen molar-refractivity contribution in [3.05, 3.63) is 76.1 Å². The lowest BCUT2D eigenvalue weighted by atomic mass is 9.77. The Morgan fingerprint density at radius 2 is 1.69 bits per heavy atom. The van der Waals surface area contributed by atoms with Crippen LogP contribution in [0.15, 0.2) is 42.5 Å². The van der Waals surface area contributed by atoms with Gasteiger partial charge in [0, 0.05) is 0 Å². The van der Waals surface area contributed by atoms with Crippen LogP contribution in [0.2, 0.25) is 0 Å². The van der Waals surface area contributed by atoms with Crippen molar-refractivity contribution in [2.45, 2.75) is 84.0 Å². The van der Waals surface area contributed by atoms with E-state index in [1.807, 2.05) is 13.0 Å². The molecule has 0 heterocycles. The van der Waals surface area contributed by atoms with Gasteiger partial charge in [-0.2, -0.15) is 0 Å². The first-order valence-electron chi connectivity index (χ1n) is 11.8. The van der Waals surface area contributed by atoms with Gasteiger partial charge in [0.2, 0.25) is 0 Å². The fraction of sp³-hybridized carbons (Fsp3) is 0.500. The van der Waals surface area contributed by atoms with Crippen molar-refractivity contribution in [3.8, 4) is 0 Å². The van der Waals surface area contributed by atoms with Gasteiger partial charge in [-0.1, -0.05) is 75.6 Å². The third-order valence-electron chi connectivity index (χ3n) is 7.30. The molecule has 1 saturated carbocycles. The van der Waals surface area contributed by atoms with Crippen molar-refractivity contribution < 1.29 is 4.39 Å². The quantitative estimate of drug-likeness (QED) is 0.468. The summed E-state index contributed by atoms with van der Waals surface area (Å²) < 4.78 is 14.6. The van der Waals surface area contributed by atoms with E-state index in [9.17, 15) is 4.39 Å². The first-order valence-corrected chi connectivity index (χ1v) is 11.8. The second-order valence-electron chi connectivity index (χ2n) is 9.12. The zero-order valence-corrected chi connectivity index (χ0v) is 18.1. The molecule has 0 spiro atoms. The zero-order chi connectivity index (χ0) is 20.2. The average Bonchev–Trinajstić information content (AvgIpc) is 2.78. The molecular weight excluding hydrogens is 355 g/mol. The third-order valence-corrected chi connectivity index (χ3v) is 7.30. The molecule has 154 valence electrons. The Balaban J connectivity index is 1.41. The molecule has 2 aliphatic rings. The standard InChI is InChI=1S/C28H35F/c1-3-5-6-20-7-9-22(10-8-20)23-12-14-24(15-13-23)25-17-18-27-26(19-25)16-11-21(4-2)28(27)29/h11-17,20,22H,3-10,18-19H2,1-2H3. The molecule has 0 nitrogen and oxygen atoms in total. The maximum Gasteiger partial charge on any atom is 0.130 e. The van der Waals surface area contributed by atoms with E-state index in [1.165, 1.54) is 61.6 Å². The van der Waals surface area contributed by atoms with Gasteiger partial charge in [-0.25, -0.2) is 4.39 Å². The maximum atomic E-state index is 14.6. The van der Waals surface area contributed by atoms with Gasteiger partial charge in [-0.05, 0) is 90.2 Å². The van der Waals surface area contributed by atoms with E-state index in [4.69, 9.17) is 0 Å². The van der Waals surface area contributed by atoms with E-state index in [2.05, 4.69) is 43.3 Å². The number of hydrogen-bond donors (Lipinski definition) is 0. The Kier molecular flexibility index (Phi) is 6.53. The van der Waals surface area contributed by atoms with Crippen LogP contribution in [0.3, 0.4) is 0 Å². The van der Waals surface area contributed by atoms with E-state index in [0.717, 1.165) is 41.4 Å². The molecule has 0 bridgehead atoms. The van der Waals surface area contributed by atoms with Gasteiger partial charge in [-0.15, -0.1) is 0 Å². The van der Waals surface area contributed by atoms with Crippen LogP contribution in [0.25, 0.3) is 5.57 Å². The summed E-state index contributed by atoms with van der Waals surface area (Å²) in [6.45, 7) is 4.32. The van der Waals surface area contributed by atoms with Gasteiger partial charge in [0.1, 0.15) is 5.82 Å². The summed E-state index contributed by atoms with van der Waals surface area (Å²) in [4.78, 5) is 0. The number of unbranched alkanes of at least 4 members (excludes halogenated alkanes) is 1. The Hall–Kier alpha value is -1.89. The van der Waals surface area contributed by atoms with Crippen LogP contribution in [0.5, 0.6) is 0 Å². The van der Waals surface area contributed by atoms with E-state index in [-0.39, 0.29) is 5.82 Å². The predicted octanol–water partition coefficient (Wildman–Crippen LogP) is 8.03. The summed E-state index contributed by atoms with van der Waals surface area (Å²) in [6.07, 6.45) is 14.2. The Morgan fingerprint density at radius 1 is 0.931 bits per heavy atom. The fourth-order valence-electron chi connectivity index (χ4n) is 5.34. The predicted molar refractivity (Wildman–Crippen MR) is 122 cm³/mol. The Bertz CT molecular complexity index is 851. The topological polar surface area (TPSA) is 0 Å². The molecule has 2 aromatic carbocycles. The molecule has 2 aliphatic carbocycles. The first kappa shape index (κ1) is 20.4. The number of benzene rings is 2. The van der Waals surface area contributed by atoms with Crippen molar-refractivity contribution in [1.29, 1.82) is 0 Å². The lowest BCUT2D eigenvalue weighted by Crippen LogP contribution is -2.13. The lowest BCUT2D eigenvalue weighted by Gasteiger charge is -2.29. The van der Waals surface area contributed by atoms with E-state index >= 15 is 0 Å². The zero-order valence-electron chi connectivity index (χ0n) is 18.1. The minimum absolute atomic E-state index is 0.0187. The summed E-state index contributed by atoms with van der Waals surface area (Å²) in [5, 5.41) is 0. The van der Waals surface area contributed by atoms with Gasteiger partial charge in [-0.3, -0.25) is 0 Å². The molecule has 0 atom stereocenters. The van der Waals surface area contributed by atoms with Crippen LogP contribution in [-0.2, 0) is 19.3 Å². The van der Waals surface area contributed by atoms with E-state index < -0.39 is 0 Å². The summed E-state index contributed by atoms with van der Waals surface area (Å²) in [5.41, 5.74) is 7.07. The van der Waals surface area contributed by atoms with Crippen LogP contribution in [-0.4, -0.2) is 0 Å². The van der Waals surface area contributed by atoms with Crippen molar-refractivity contribution in [2.24, 2.45) is 5.92 Å². The van der Waals surface area contributed by atoms with Gasteiger partial charge >= 0.3 is 0 Å². The van der Waals surface area contributed by atoms with Crippen LogP contribution >= 0.6 is 0 Å². The molecule has 0 N–H and O–H groups in total. The molecule has 0 amide bonds. The molecule has 1 heteroatoms. The SMILES string of the molecule is CCCCC1CCC(c2ccc(C3=CCc4c(ccc(CC)c4F)C3)cc2)CC1. The molecule has 0 saturated heterocycles. The Labute approximate surface area is 176 Å². The minimum atomic E-state index is 0.0187. The smallest absolute Gasteiger partial charge is 0.130 e. The highest BCUT2D eigenvalue weighted by Gasteiger charge is 2.22. The van der Waals surface area contributed by atoms with Gasteiger partial charge < -0.3 is 0 Å². The van der Waals surface area contributed by atoms with Crippen LogP contribution in [0, 0.1) is 11.7 Å². The first-order chi connectivity index (χ1) is 14.2.